The molecule has 0 unspecified atom stereocenters. The van der Waals surface area contributed by atoms with E-state index in [2.05, 4.69) is 62.4 Å². The molecule has 1 nitrogen and oxygen atoms in total. The highest BCUT2D eigenvalue weighted by Gasteiger charge is 2.19. The van der Waals surface area contributed by atoms with E-state index in [-0.39, 0.29) is 0 Å². The lowest BCUT2D eigenvalue weighted by molar-refractivity contribution is 0.722. The van der Waals surface area contributed by atoms with E-state index in [1.807, 2.05) is 0 Å². The first-order chi connectivity index (χ1) is 11.2. The van der Waals surface area contributed by atoms with E-state index in [1.165, 1.54) is 53.3 Å². The van der Waals surface area contributed by atoms with Crippen LogP contribution < -0.4 is 0 Å². The lowest BCUT2D eigenvalue weighted by Crippen LogP contribution is -1.98. The predicted octanol–water partition coefficient (Wildman–Crippen LogP) is 6.18. The Morgan fingerprint density at radius 2 is 1.70 bits per heavy atom. The molecule has 0 spiro atoms. The molecule has 1 fully saturated rings. The highest BCUT2D eigenvalue weighted by atomic mass is 14.7. The summed E-state index contributed by atoms with van der Waals surface area (Å²) in [6.45, 7) is 4.46. The molecule has 0 N–H and O–H groups in total. The molecular weight excluding hydrogens is 278 g/mol. The lowest BCUT2D eigenvalue weighted by Gasteiger charge is -2.16. The maximum atomic E-state index is 4.92. The summed E-state index contributed by atoms with van der Waals surface area (Å²) in [6.07, 6.45) is 5.43. The van der Waals surface area contributed by atoms with Gasteiger partial charge in [0.2, 0.25) is 0 Å². The quantitative estimate of drug-likeness (QED) is 0.551. The van der Waals surface area contributed by atoms with E-state index in [9.17, 15) is 0 Å². The molecule has 0 amide bonds. The Hall–Kier alpha value is -2.15. The first kappa shape index (κ1) is 14.4. The van der Waals surface area contributed by atoms with Crippen molar-refractivity contribution in [2.75, 3.05) is 0 Å². The van der Waals surface area contributed by atoms with Crippen LogP contribution in [0.3, 0.4) is 0 Å². The number of fused-ring (bicyclic) bond motifs is 1. The second-order valence-corrected chi connectivity index (χ2v) is 6.88. The molecule has 3 aromatic rings. The van der Waals surface area contributed by atoms with Gasteiger partial charge in [0.05, 0.1) is 11.2 Å². The van der Waals surface area contributed by atoms with Crippen LogP contribution >= 0.6 is 0 Å². The lowest BCUT2D eigenvalue weighted by atomic mass is 9.90. The van der Waals surface area contributed by atoms with Crippen molar-refractivity contribution in [3.05, 3.63) is 65.2 Å². The summed E-state index contributed by atoms with van der Waals surface area (Å²) in [4.78, 5) is 4.92. The zero-order valence-electron chi connectivity index (χ0n) is 14.0. The number of hydrogen-bond donors (Lipinski definition) is 0. The fourth-order valence-electron chi connectivity index (χ4n) is 3.86. The summed E-state index contributed by atoms with van der Waals surface area (Å²) in [5.41, 5.74) is 7.74. The van der Waals surface area contributed by atoms with Crippen molar-refractivity contribution in [1.29, 1.82) is 0 Å². The monoisotopic (exact) mass is 301 g/mol. The third-order valence-electron chi connectivity index (χ3n) is 5.39. The standard InChI is InChI=1S/C22H23N/c1-15-13-19(17-7-3-4-8-17)14-20(16(15)2)22-12-11-18-9-5-6-10-21(18)23-22/h5-6,9-14,17H,3-4,7-8H2,1-2H3. The van der Waals surface area contributed by atoms with Crippen molar-refractivity contribution >= 4 is 10.9 Å². The molecule has 0 radical (unpaired) electrons. The summed E-state index contributed by atoms with van der Waals surface area (Å²) >= 11 is 0. The van der Waals surface area contributed by atoms with E-state index in [0.29, 0.717) is 0 Å². The maximum Gasteiger partial charge on any atom is 0.0712 e. The molecule has 1 heteroatoms. The molecular formula is C22H23N. The smallest absolute Gasteiger partial charge is 0.0712 e. The second-order valence-electron chi connectivity index (χ2n) is 6.88. The van der Waals surface area contributed by atoms with Gasteiger partial charge >= 0.3 is 0 Å². The predicted molar refractivity (Wildman–Crippen MR) is 97.9 cm³/mol. The molecule has 1 aliphatic carbocycles. The molecule has 2 aromatic carbocycles. The summed E-state index contributed by atoms with van der Waals surface area (Å²) in [6, 6.07) is 17.5. The number of hydrogen-bond acceptors (Lipinski definition) is 1. The summed E-state index contributed by atoms with van der Waals surface area (Å²) in [5, 5.41) is 1.21. The van der Waals surface area contributed by atoms with Crippen LogP contribution in [0.25, 0.3) is 22.2 Å². The molecule has 1 aliphatic rings. The Bertz CT molecular complexity index is 857. The van der Waals surface area contributed by atoms with Gasteiger partial charge in [0.15, 0.2) is 0 Å². The number of rotatable bonds is 2. The fraction of sp³-hybridized carbons (Fsp3) is 0.318. The molecule has 0 aliphatic heterocycles. The Kier molecular flexibility index (Phi) is 3.65. The minimum atomic E-state index is 0.744. The van der Waals surface area contributed by atoms with Gasteiger partial charge in [0.25, 0.3) is 0 Å². The molecule has 1 aromatic heterocycles. The zero-order chi connectivity index (χ0) is 15.8. The van der Waals surface area contributed by atoms with Gasteiger partial charge in [-0.15, -0.1) is 0 Å². The summed E-state index contributed by atoms with van der Waals surface area (Å²) in [7, 11) is 0. The van der Waals surface area contributed by atoms with E-state index < -0.39 is 0 Å². The zero-order valence-corrected chi connectivity index (χ0v) is 14.0. The van der Waals surface area contributed by atoms with Gasteiger partial charge in [-0.3, -0.25) is 0 Å². The molecule has 23 heavy (non-hydrogen) atoms. The average Bonchev–Trinajstić information content (AvgIpc) is 3.11. The van der Waals surface area contributed by atoms with E-state index in [0.717, 1.165) is 17.1 Å². The van der Waals surface area contributed by atoms with Gasteiger partial charge in [-0.05, 0) is 67.5 Å². The Labute approximate surface area is 138 Å². The van der Waals surface area contributed by atoms with Crippen molar-refractivity contribution in [2.24, 2.45) is 0 Å². The number of aryl methyl sites for hydroxylation is 1. The molecule has 4 rings (SSSR count). The van der Waals surface area contributed by atoms with Crippen LogP contribution in [0.2, 0.25) is 0 Å². The average molecular weight is 301 g/mol. The van der Waals surface area contributed by atoms with Gasteiger partial charge in [0.1, 0.15) is 0 Å². The van der Waals surface area contributed by atoms with E-state index >= 15 is 0 Å². The normalized spacial score (nSPS) is 15.4. The number of pyridine rings is 1. The van der Waals surface area contributed by atoms with Crippen molar-refractivity contribution in [2.45, 2.75) is 45.4 Å². The molecule has 0 saturated heterocycles. The van der Waals surface area contributed by atoms with Gasteiger partial charge in [-0.2, -0.15) is 0 Å². The Morgan fingerprint density at radius 1 is 0.913 bits per heavy atom. The number of para-hydroxylation sites is 1. The van der Waals surface area contributed by atoms with Crippen LogP contribution in [-0.4, -0.2) is 4.98 Å². The minimum absolute atomic E-state index is 0.744. The fourth-order valence-corrected chi connectivity index (χ4v) is 3.86. The first-order valence-electron chi connectivity index (χ1n) is 8.70. The second kappa shape index (κ2) is 5.81. The van der Waals surface area contributed by atoms with Gasteiger partial charge in [0, 0.05) is 10.9 Å². The molecule has 1 heterocycles. The molecule has 0 bridgehead atoms. The highest BCUT2D eigenvalue weighted by molar-refractivity contribution is 5.82. The first-order valence-corrected chi connectivity index (χ1v) is 8.70. The molecule has 116 valence electrons. The van der Waals surface area contributed by atoms with Crippen LogP contribution in [0.1, 0.15) is 48.3 Å². The maximum absolute atomic E-state index is 4.92. The van der Waals surface area contributed by atoms with Gasteiger partial charge in [-0.25, -0.2) is 4.98 Å². The Morgan fingerprint density at radius 3 is 2.52 bits per heavy atom. The summed E-state index contributed by atoms with van der Waals surface area (Å²) < 4.78 is 0. The van der Waals surface area contributed by atoms with Crippen LogP contribution in [0.15, 0.2) is 48.5 Å². The number of benzene rings is 2. The van der Waals surface area contributed by atoms with Gasteiger partial charge < -0.3 is 0 Å². The van der Waals surface area contributed by atoms with Crippen molar-refractivity contribution in [3.63, 3.8) is 0 Å². The van der Waals surface area contributed by atoms with Crippen molar-refractivity contribution in [3.8, 4) is 11.3 Å². The van der Waals surface area contributed by atoms with Crippen LogP contribution in [0.5, 0.6) is 0 Å². The van der Waals surface area contributed by atoms with Crippen LogP contribution in [0.4, 0.5) is 0 Å². The highest BCUT2D eigenvalue weighted by Crippen LogP contribution is 2.37. The summed E-state index contributed by atoms with van der Waals surface area (Å²) in [5.74, 6) is 0.744. The third kappa shape index (κ3) is 2.65. The van der Waals surface area contributed by atoms with Crippen molar-refractivity contribution in [1.82, 2.24) is 4.98 Å². The van der Waals surface area contributed by atoms with Crippen LogP contribution in [0, 0.1) is 13.8 Å². The minimum Gasteiger partial charge on any atom is -0.248 e. The molecule has 1 saturated carbocycles. The third-order valence-corrected chi connectivity index (χ3v) is 5.39. The number of nitrogens with zero attached hydrogens (tertiary/aromatic N) is 1. The largest absolute Gasteiger partial charge is 0.248 e. The topological polar surface area (TPSA) is 12.9 Å². The van der Waals surface area contributed by atoms with E-state index in [1.54, 1.807) is 0 Å². The SMILES string of the molecule is Cc1cc(C2CCCC2)cc(-c2ccc3ccccc3n2)c1C. The van der Waals surface area contributed by atoms with Gasteiger partial charge in [-0.1, -0.05) is 43.2 Å². The van der Waals surface area contributed by atoms with E-state index in [4.69, 9.17) is 4.98 Å². The molecule has 0 atom stereocenters. The Balaban J connectivity index is 1.85. The van der Waals surface area contributed by atoms with Crippen molar-refractivity contribution < 1.29 is 0 Å². The van der Waals surface area contributed by atoms with Crippen LogP contribution in [-0.2, 0) is 0 Å². The number of aromatic nitrogens is 1.